The van der Waals surface area contributed by atoms with E-state index in [1.807, 2.05) is 62.5 Å². The topological polar surface area (TPSA) is 87.5 Å². The minimum Gasteiger partial charge on any atom is -0.338 e. The molecule has 1 aromatic heterocycles. The van der Waals surface area contributed by atoms with Gasteiger partial charge in [0.25, 0.3) is 0 Å². The van der Waals surface area contributed by atoms with E-state index in [1.54, 1.807) is 21.8 Å². The number of aromatic nitrogens is 2. The van der Waals surface area contributed by atoms with Gasteiger partial charge in [-0.05, 0) is 55.7 Å². The van der Waals surface area contributed by atoms with E-state index in [0.717, 1.165) is 22.4 Å². The second-order valence-electron chi connectivity index (χ2n) is 8.26. The van der Waals surface area contributed by atoms with Crippen molar-refractivity contribution in [3.63, 3.8) is 0 Å². The lowest BCUT2D eigenvalue weighted by Crippen LogP contribution is -2.53. The zero-order valence-corrected chi connectivity index (χ0v) is 19.8. The van der Waals surface area contributed by atoms with Crippen LogP contribution in [0.1, 0.15) is 16.7 Å². The molecule has 0 unspecified atom stereocenters. The van der Waals surface area contributed by atoms with Gasteiger partial charge in [0.15, 0.2) is 0 Å². The maximum Gasteiger partial charge on any atom is 0.317 e. The fraction of sp³-hybridized carbons (Fsp3) is 0.333. The number of sulfonamides is 1. The van der Waals surface area contributed by atoms with Crippen molar-refractivity contribution in [2.24, 2.45) is 0 Å². The van der Waals surface area contributed by atoms with E-state index in [-0.39, 0.29) is 19.1 Å². The molecule has 8 nitrogen and oxygen atoms in total. The van der Waals surface area contributed by atoms with Crippen LogP contribution in [0.3, 0.4) is 0 Å². The van der Waals surface area contributed by atoms with Gasteiger partial charge in [0.05, 0.1) is 10.6 Å². The minimum atomic E-state index is -3.56. The number of rotatable bonds is 6. The van der Waals surface area contributed by atoms with Gasteiger partial charge in [-0.3, -0.25) is 0 Å². The van der Waals surface area contributed by atoms with Crippen LogP contribution in [0.15, 0.2) is 65.8 Å². The minimum absolute atomic E-state index is 0.160. The highest BCUT2D eigenvalue weighted by Gasteiger charge is 2.30. The van der Waals surface area contributed by atoms with Gasteiger partial charge >= 0.3 is 6.03 Å². The molecule has 0 aliphatic carbocycles. The first kappa shape index (κ1) is 23.0. The summed E-state index contributed by atoms with van der Waals surface area (Å²) in [6.45, 7) is 5.59. The number of carbonyl (C=O) groups is 1. The Labute approximate surface area is 194 Å². The molecule has 0 bridgehead atoms. The number of nitrogens with zero attached hydrogens (tertiary/aromatic N) is 4. The highest BCUT2D eigenvalue weighted by Crippen LogP contribution is 2.22. The molecule has 3 aromatic rings. The molecule has 174 valence electrons. The highest BCUT2D eigenvalue weighted by molar-refractivity contribution is 7.89. The summed E-state index contributed by atoms with van der Waals surface area (Å²) in [4.78, 5) is 14.6. The summed E-state index contributed by atoms with van der Waals surface area (Å²) in [6, 6.07) is 15.1. The summed E-state index contributed by atoms with van der Waals surface area (Å²) < 4.78 is 29.3. The van der Waals surface area contributed by atoms with Crippen molar-refractivity contribution < 1.29 is 13.2 Å². The monoisotopic (exact) mass is 467 g/mol. The van der Waals surface area contributed by atoms with Crippen LogP contribution in [0.25, 0.3) is 5.69 Å². The molecule has 0 spiro atoms. The Bertz CT molecular complexity index is 1200. The molecule has 4 rings (SSSR count). The standard InChI is InChI=1S/C24H29N5O3S/c1-19-4-9-23(20(2)18-19)33(31,32)28-16-14-27(15-17-28)24(30)25-12-10-21-5-7-22(8-6-21)29-13-3-11-26-29/h3-9,11,13,18H,10,12,14-17H2,1-2H3,(H,25,30). The molecule has 2 amide bonds. The lowest BCUT2D eigenvalue weighted by molar-refractivity contribution is 0.172. The first-order valence-electron chi connectivity index (χ1n) is 11.0. The van der Waals surface area contributed by atoms with Crippen LogP contribution in [-0.4, -0.2) is 66.2 Å². The molecule has 1 saturated heterocycles. The summed E-state index contributed by atoms with van der Waals surface area (Å²) in [7, 11) is -3.56. The van der Waals surface area contributed by atoms with Gasteiger partial charge in [-0.15, -0.1) is 0 Å². The average molecular weight is 468 g/mol. The van der Waals surface area contributed by atoms with Gasteiger partial charge in [-0.25, -0.2) is 17.9 Å². The fourth-order valence-electron chi connectivity index (χ4n) is 4.02. The molecule has 0 saturated carbocycles. The van der Waals surface area contributed by atoms with Gasteiger partial charge in [-0.2, -0.15) is 9.40 Å². The molecular formula is C24H29N5O3S. The van der Waals surface area contributed by atoms with E-state index in [2.05, 4.69) is 10.4 Å². The first-order chi connectivity index (χ1) is 15.8. The lowest BCUT2D eigenvalue weighted by Gasteiger charge is -2.34. The second kappa shape index (κ2) is 9.76. The van der Waals surface area contributed by atoms with E-state index >= 15 is 0 Å². The summed E-state index contributed by atoms with van der Waals surface area (Å²) in [6.07, 6.45) is 4.34. The van der Waals surface area contributed by atoms with Crippen LogP contribution in [0, 0.1) is 13.8 Å². The van der Waals surface area contributed by atoms with E-state index in [9.17, 15) is 13.2 Å². The molecular weight excluding hydrogens is 438 g/mol. The van der Waals surface area contributed by atoms with Crippen LogP contribution in [0.4, 0.5) is 4.79 Å². The van der Waals surface area contributed by atoms with Crippen molar-refractivity contribution in [3.8, 4) is 5.69 Å². The van der Waals surface area contributed by atoms with E-state index in [0.29, 0.717) is 31.0 Å². The van der Waals surface area contributed by atoms with Crippen LogP contribution < -0.4 is 5.32 Å². The predicted molar refractivity (Wildman–Crippen MR) is 127 cm³/mol. The largest absolute Gasteiger partial charge is 0.338 e. The van der Waals surface area contributed by atoms with Crippen LogP contribution in [-0.2, 0) is 16.4 Å². The van der Waals surface area contributed by atoms with Crippen molar-refractivity contribution in [1.82, 2.24) is 24.3 Å². The quantitative estimate of drug-likeness (QED) is 0.604. The van der Waals surface area contributed by atoms with Crippen molar-refractivity contribution >= 4 is 16.1 Å². The third-order valence-corrected chi connectivity index (χ3v) is 7.93. The normalized spacial score (nSPS) is 14.9. The maximum absolute atomic E-state index is 13.0. The predicted octanol–water partition coefficient (Wildman–Crippen LogP) is 2.75. The zero-order chi connectivity index (χ0) is 23.4. The maximum atomic E-state index is 13.0. The second-order valence-corrected chi connectivity index (χ2v) is 10.2. The third-order valence-electron chi connectivity index (χ3n) is 5.87. The number of hydrogen-bond donors (Lipinski definition) is 1. The molecule has 2 aromatic carbocycles. The molecule has 1 aliphatic heterocycles. The smallest absolute Gasteiger partial charge is 0.317 e. The fourth-order valence-corrected chi connectivity index (χ4v) is 5.65. The first-order valence-corrected chi connectivity index (χ1v) is 12.5. The van der Waals surface area contributed by atoms with Crippen molar-refractivity contribution in [2.75, 3.05) is 32.7 Å². The van der Waals surface area contributed by atoms with Gasteiger partial charge in [-0.1, -0.05) is 29.8 Å². The lowest BCUT2D eigenvalue weighted by atomic mass is 10.1. The number of nitrogens with one attached hydrogen (secondary N) is 1. The van der Waals surface area contributed by atoms with Gasteiger partial charge in [0, 0.05) is 45.1 Å². The van der Waals surface area contributed by atoms with Crippen LogP contribution in [0.2, 0.25) is 0 Å². The summed E-state index contributed by atoms with van der Waals surface area (Å²) in [5.74, 6) is 0. The van der Waals surface area contributed by atoms with Gasteiger partial charge < -0.3 is 10.2 Å². The molecule has 1 fully saturated rings. The molecule has 0 atom stereocenters. The zero-order valence-electron chi connectivity index (χ0n) is 18.9. The Balaban J connectivity index is 1.25. The van der Waals surface area contributed by atoms with Gasteiger partial charge in [0.1, 0.15) is 0 Å². The Hall–Kier alpha value is -3.17. The van der Waals surface area contributed by atoms with Crippen molar-refractivity contribution in [2.45, 2.75) is 25.2 Å². The number of amides is 2. The number of benzene rings is 2. The molecule has 9 heteroatoms. The van der Waals surface area contributed by atoms with E-state index in [4.69, 9.17) is 0 Å². The van der Waals surface area contributed by atoms with Crippen LogP contribution >= 0.6 is 0 Å². The van der Waals surface area contributed by atoms with Gasteiger partial charge in [0.2, 0.25) is 10.0 Å². The third kappa shape index (κ3) is 5.26. The number of carbonyl (C=O) groups excluding carboxylic acids is 1. The number of urea groups is 1. The average Bonchev–Trinajstić information content (AvgIpc) is 3.34. The number of hydrogen-bond acceptors (Lipinski definition) is 4. The summed E-state index contributed by atoms with van der Waals surface area (Å²) in [5.41, 5.74) is 3.88. The summed E-state index contributed by atoms with van der Waals surface area (Å²) in [5, 5.41) is 7.16. The molecule has 0 radical (unpaired) electrons. The number of piperazine rings is 1. The molecule has 2 heterocycles. The molecule has 1 aliphatic rings. The number of aryl methyl sites for hydroxylation is 2. The Kier molecular flexibility index (Phi) is 6.80. The Morgan fingerprint density at radius 1 is 1.03 bits per heavy atom. The van der Waals surface area contributed by atoms with Crippen LogP contribution in [0.5, 0.6) is 0 Å². The SMILES string of the molecule is Cc1ccc(S(=O)(=O)N2CCN(C(=O)NCCc3ccc(-n4cccn4)cc3)CC2)c(C)c1. The molecule has 33 heavy (non-hydrogen) atoms. The van der Waals surface area contributed by atoms with Crippen molar-refractivity contribution in [3.05, 3.63) is 77.6 Å². The van der Waals surface area contributed by atoms with Crippen molar-refractivity contribution in [1.29, 1.82) is 0 Å². The van der Waals surface area contributed by atoms with E-state index in [1.165, 1.54) is 4.31 Å². The van der Waals surface area contributed by atoms with E-state index < -0.39 is 10.0 Å². The Morgan fingerprint density at radius 3 is 2.39 bits per heavy atom. The Morgan fingerprint density at radius 2 is 1.76 bits per heavy atom. The summed E-state index contributed by atoms with van der Waals surface area (Å²) >= 11 is 0. The molecule has 1 N–H and O–H groups in total. The highest BCUT2D eigenvalue weighted by atomic mass is 32.2.